The van der Waals surface area contributed by atoms with Crippen LogP contribution in [0.4, 0.5) is 0 Å². The zero-order valence-electron chi connectivity index (χ0n) is 9.96. The summed E-state index contributed by atoms with van der Waals surface area (Å²) in [6.07, 6.45) is 1.78. The Morgan fingerprint density at radius 1 is 1.25 bits per heavy atom. The molecule has 0 N–H and O–H groups in total. The number of allylic oxidation sites excluding steroid dienone is 2. The van der Waals surface area contributed by atoms with Gasteiger partial charge in [-0.25, -0.2) is 0 Å². The molecule has 3 heteroatoms. The van der Waals surface area contributed by atoms with Crippen molar-refractivity contribution in [2.45, 2.75) is 19.6 Å². The van der Waals surface area contributed by atoms with Gasteiger partial charge in [0.25, 0.3) is 0 Å². The molecule has 16 heavy (non-hydrogen) atoms. The quantitative estimate of drug-likeness (QED) is 0.589. The van der Waals surface area contributed by atoms with Gasteiger partial charge in [0.1, 0.15) is 0 Å². The van der Waals surface area contributed by atoms with Crippen LogP contribution in [0.3, 0.4) is 0 Å². The first-order valence-electron chi connectivity index (χ1n) is 5.20. The molecule has 0 aliphatic heterocycles. The molecule has 0 aromatic heterocycles. The van der Waals surface area contributed by atoms with Gasteiger partial charge in [0.15, 0.2) is 0 Å². The predicted octanol–water partition coefficient (Wildman–Crippen LogP) is 3.53. The fraction of sp³-hybridized carbons (Fsp3) is 0.231. The van der Waals surface area contributed by atoms with Crippen LogP contribution in [0.15, 0.2) is 52.1 Å². The first kappa shape index (κ1) is 13.8. The molecule has 0 radical (unpaired) electrons. The molecule has 0 atom stereocenters. The van der Waals surface area contributed by atoms with Gasteiger partial charge in [-0.3, -0.25) is 0 Å². The Labute approximate surface area is 111 Å². The van der Waals surface area contributed by atoms with Gasteiger partial charge in [-0.15, -0.1) is 0 Å². The van der Waals surface area contributed by atoms with E-state index in [9.17, 15) is 0 Å². The van der Waals surface area contributed by atoms with Crippen LogP contribution in [-0.4, -0.2) is 23.0 Å². The molecule has 0 aliphatic carbocycles. The first-order chi connectivity index (χ1) is 7.45. The molecule has 0 amide bonds. The zero-order valence-corrected chi connectivity index (χ0v) is 13.4. The SMILES string of the molecule is C=C/C(Cl)=C(\[Se]c1ccccc1)[Si](C)(C)C. The topological polar surface area (TPSA) is 0 Å². The van der Waals surface area contributed by atoms with Crippen LogP contribution in [0.1, 0.15) is 0 Å². The van der Waals surface area contributed by atoms with Crippen molar-refractivity contribution in [1.82, 2.24) is 0 Å². The normalized spacial score (nSPS) is 13.2. The fourth-order valence-electron chi connectivity index (χ4n) is 1.26. The van der Waals surface area contributed by atoms with Crippen molar-refractivity contribution < 1.29 is 0 Å². The molecule has 1 aromatic carbocycles. The zero-order chi connectivity index (χ0) is 12.2. The molecule has 0 fully saturated rings. The minimum atomic E-state index is -1.35. The average molecular weight is 316 g/mol. The molecule has 0 spiro atoms. The molecule has 0 unspecified atom stereocenters. The third-order valence-corrected chi connectivity index (χ3v) is 10.8. The summed E-state index contributed by atoms with van der Waals surface area (Å²) in [5.74, 6) is 0. The van der Waals surface area contributed by atoms with E-state index in [0.717, 1.165) is 5.03 Å². The van der Waals surface area contributed by atoms with E-state index in [1.54, 1.807) is 6.08 Å². The Morgan fingerprint density at radius 3 is 2.25 bits per heavy atom. The Morgan fingerprint density at radius 2 is 1.81 bits per heavy atom. The first-order valence-corrected chi connectivity index (χ1v) is 10.8. The monoisotopic (exact) mass is 316 g/mol. The van der Waals surface area contributed by atoms with Gasteiger partial charge in [0.2, 0.25) is 0 Å². The van der Waals surface area contributed by atoms with E-state index in [-0.39, 0.29) is 0 Å². The van der Waals surface area contributed by atoms with Crippen LogP contribution in [-0.2, 0) is 0 Å². The van der Waals surface area contributed by atoms with E-state index >= 15 is 0 Å². The molecular formula is C13H17ClSeSi. The summed E-state index contributed by atoms with van der Waals surface area (Å²) in [4.78, 5) is 0. The van der Waals surface area contributed by atoms with Gasteiger partial charge >= 0.3 is 111 Å². The Balaban J connectivity index is 3.03. The molecule has 0 saturated carbocycles. The number of hydrogen-bond acceptors (Lipinski definition) is 0. The van der Waals surface area contributed by atoms with E-state index in [4.69, 9.17) is 11.6 Å². The fourth-order valence-corrected chi connectivity index (χ4v) is 7.46. The standard InChI is InChI=1S/C13H17ClSeSi/c1-5-12(14)13(16(2,3)4)15-11-9-7-6-8-10-11/h5-10H,1H2,2-4H3/b13-12-. The van der Waals surface area contributed by atoms with Crippen molar-refractivity contribution in [3.8, 4) is 0 Å². The van der Waals surface area contributed by atoms with Gasteiger partial charge in [-0.05, 0) is 0 Å². The van der Waals surface area contributed by atoms with Crippen molar-refractivity contribution in [3.63, 3.8) is 0 Å². The van der Waals surface area contributed by atoms with Crippen molar-refractivity contribution >= 4 is 39.1 Å². The van der Waals surface area contributed by atoms with E-state index in [1.807, 2.05) is 6.07 Å². The maximum atomic E-state index is 6.28. The van der Waals surface area contributed by atoms with E-state index < -0.39 is 8.07 Å². The van der Waals surface area contributed by atoms with Crippen molar-refractivity contribution in [2.24, 2.45) is 0 Å². The molecule has 1 aromatic rings. The third-order valence-electron chi connectivity index (χ3n) is 2.04. The van der Waals surface area contributed by atoms with Crippen LogP contribution in [0.2, 0.25) is 19.6 Å². The maximum absolute atomic E-state index is 6.28. The Kier molecular flexibility index (Phi) is 5.07. The second-order valence-corrected chi connectivity index (χ2v) is 13.0. The van der Waals surface area contributed by atoms with Crippen LogP contribution in [0, 0.1) is 0 Å². The van der Waals surface area contributed by atoms with Gasteiger partial charge in [0.05, 0.1) is 0 Å². The van der Waals surface area contributed by atoms with Gasteiger partial charge in [0, 0.05) is 0 Å². The number of benzene rings is 1. The third kappa shape index (κ3) is 3.95. The van der Waals surface area contributed by atoms with Crippen LogP contribution < -0.4 is 4.46 Å². The van der Waals surface area contributed by atoms with Gasteiger partial charge in [-0.1, -0.05) is 0 Å². The molecule has 0 nitrogen and oxygen atoms in total. The molecule has 86 valence electrons. The second-order valence-electron chi connectivity index (χ2n) is 4.55. The Hall–Kier alpha value is -0.274. The molecule has 0 aliphatic rings. The summed E-state index contributed by atoms with van der Waals surface area (Å²) in [6, 6.07) is 10.6. The number of halogens is 1. The summed E-state index contributed by atoms with van der Waals surface area (Å²) < 4.78 is 2.82. The van der Waals surface area contributed by atoms with Crippen LogP contribution >= 0.6 is 11.6 Å². The molecular weight excluding hydrogens is 299 g/mol. The summed E-state index contributed by atoms with van der Waals surface area (Å²) in [7, 11) is -1.35. The van der Waals surface area contributed by atoms with Crippen LogP contribution in [0.25, 0.3) is 0 Å². The molecule has 0 saturated heterocycles. The summed E-state index contributed by atoms with van der Waals surface area (Å²) in [6.45, 7) is 10.8. The summed E-state index contributed by atoms with van der Waals surface area (Å²) in [5.41, 5.74) is 0. The van der Waals surface area contributed by atoms with E-state index in [0.29, 0.717) is 15.0 Å². The Bertz CT molecular complexity index is 390. The molecule has 0 bridgehead atoms. The molecule has 1 rings (SSSR count). The van der Waals surface area contributed by atoms with E-state index in [2.05, 4.69) is 50.5 Å². The van der Waals surface area contributed by atoms with Crippen molar-refractivity contribution in [3.05, 3.63) is 52.1 Å². The predicted molar refractivity (Wildman–Crippen MR) is 78.3 cm³/mol. The average Bonchev–Trinajstić information content (AvgIpc) is 2.25. The molecule has 0 heterocycles. The number of hydrogen-bond donors (Lipinski definition) is 0. The summed E-state index contributed by atoms with van der Waals surface area (Å²) in [5, 5.41) is 0.864. The van der Waals surface area contributed by atoms with Crippen LogP contribution in [0.5, 0.6) is 0 Å². The van der Waals surface area contributed by atoms with E-state index in [1.165, 1.54) is 8.56 Å². The van der Waals surface area contributed by atoms with Gasteiger partial charge in [-0.2, -0.15) is 0 Å². The summed E-state index contributed by atoms with van der Waals surface area (Å²) >= 11 is 6.61. The second kappa shape index (κ2) is 5.88. The van der Waals surface area contributed by atoms with Crippen molar-refractivity contribution in [1.29, 1.82) is 0 Å². The number of rotatable bonds is 4. The van der Waals surface area contributed by atoms with Crippen molar-refractivity contribution in [2.75, 3.05) is 0 Å². The van der Waals surface area contributed by atoms with Gasteiger partial charge < -0.3 is 0 Å². The minimum absolute atomic E-state index is 0.330.